The Morgan fingerprint density at radius 3 is 2.59 bits per heavy atom. The fourth-order valence-electron chi connectivity index (χ4n) is 2.96. The predicted molar refractivity (Wildman–Crippen MR) is 128 cm³/mol. The van der Waals surface area contributed by atoms with Crippen LogP contribution in [0.4, 0.5) is 0 Å². The van der Waals surface area contributed by atoms with Crippen molar-refractivity contribution >= 4 is 52.4 Å². The summed E-state index contributed by atoms with van der Waals surface area (Å²) < 4.78 is 6.85. The number of rotatable bonds is 7. The molecule has 0 atom stereocenters. The molecule has 8 heteroatoms. The summed E-state index contributed by atoms with van der Waals surface area (Å²) in [4.78, 5) is 25.5. The van der Waals surface area contributed by atoms with Crippen molar-refractivity contribution in [2.75, 3.05) is 6.61 Å². The summed E-state index contributed by atoms with van der Waals surface area (Å²) in [6, 6.07) is 18.1. The van der Waals surface area contributed by atoms with Gasteiger partial charge < -0.3 is 4.74 Å². The fraction of sp³-hybridized carbons (Fsp3) is 0.0417. The zero-order chi connectivity index (χ0) is 22.5. The molecule has 4 rings (SSSR count). The number of halogens is 2. The maximum atomic E-state index is 12.3. The first-order valence-electron chi connectivity index (χ1n) is 9.53. The highest BCUT2D eigenvalue weighted by molar-refractivity contribution is 7.13. The van der Waals surface area contributed by atoms with Crippen LogP contribution in [0.2, 0.25) is 10.0 Å². The average molecular weight is 483 g/mol. The van der Waals surface area contributed by atoms with E-state index in [9.17, 15) is 9.59 Å². The lowest BCUT2D eigenvalue weighted by molar-refractivity contribution is -0.136. The third-order valence-corrected chi connectivity index (χ3v) is 5.92. The first kappa shape index (κ1) is 22.0. The molecule has 0 bridgehead atoms. The maximum absolute atomic E-state index is 12.3. The highest BCUT2D eigenvalue weighted by Gasteiger charge is 2.14. The first-order valence-corrected chi connectivity index (χ1v) is 11.2. The monoisotopic (exact) mass is 482 g/mol. The number of carbonyl (C=O) groups excluding carboxylic acids is 2. The number of Topliss-reactive ketones (excluding diaryl/α,β-unsaturated/α-hetero) is 1. The predicted octanol–water partition coefficient (Wildman–Crippen LogP) is 6.35. The molecule has 5 nitrogen and oxygen atoms in total. The van der Waals surface area contributed by atoms with Crippen LogP contribution in [0, 0.1) is 0 Å². The third kappa shape index (κ3) is 5.16. The summed E-state index contributed by atoms with van der Waals surface area (Å²) in [7, 11) is 0. The number of ketones is 1. The number of benzene rings is 2. The Hall–Kier alpha value is -3.19. The van der Waals surface area contributed by atoms with E-state index < -0.39 is 18.4 Å². The minimum atomic E-state index is -0.645. The Morgan fingerprint density at radius 1 is 1.06 bits per heavy atom. The standard InChI is InChI=1S/C24H16Cl2N2O3S/c25-17-9-10-19(20(26)13-17)21(29)15-31-23(30)11-8-16-14-28(18-5-2-1-3-6-18)27-24(16)22-7-4-12-32-22/h1-14H,15H2. The average Bonchev–Trinajstić information content (AvgIpc) is 3.46. The number of esters is 1. The fourth-order valence-corrected chi connectivity index (χ4v) is 4.21. The van der Waals surface area contributed by atoms with Crippen molar-refractivity contribution in [3.05, 3.63) is 99.5 Å². The Balaban J connectivity index is 1.49. The number of para-hydroxylation sites is 1. The summed E-state index contributed by atoms with van der Waals surface area (Å²) in [6.07, 6.45) is 4.75. The largest absolute Gasteiger partial charge is 0.454 e. The normalized spacial score (nSPS) is 11.1. The Morgan fingerprint density at radius 2 is 1.88 bits per heavy atom. The van der Waals surface area contributed by atoms with E-state index in [1.54, 1.807) is 28.2 Å². The van der Waals surface area contributed by atoms with Crippen LogP contribution in [0.5, 0.6) is 0 Å². The van der Waals surface area contributed by atoms with Crippen LogP contribution in [0.25, 0.3) is 22.3 Å². The number of hydrogen-bond donors (Lipinski definition) is 0. The zero-order valence-electron chi connectivity index (χ0n) is 16.6. The molecule has 4 aromatic rings. The number of nitrogens with zero attached hydrogens (tertiary/aromatic N) is 2. The summed E-state index contributed by atoms with van der Waals surface area (Å²) in [5.41, 5.74) is 2.65. The summed E-state index contributed by atoms with van der Waals surface area (Å²) >= 11 is 13.4. The van der Waals surface area contributed by atoms with Crippen LogP contribution in [0.15, 0.2) is 78.3 Å². The van der Waals surface area contributed by atoms with Crippen LogP contribution in [0.3, 0.4) is 0 Å². The van der Waals surface area contributed by atoms with Gasteiger partial charge in [0.2, 0.25) is 5.78 Å². The van der Waals surface area contributed by atoms with Crippen molar-refractivity contribution in [3.8, 4) is 16.3 Å². The third-order valence-electron chi connectivity index (χ3n) is 4.49. The van der Waals surface area contributed by atoms with Crippen LogP contribution >= 0.6 is 34.5 Å². The maximum Gasteiger partial charge on any atom is 0.331 e. The van der Waals surface area contributed by atoms with Gasteiger partial charge >= 0.3 is 5.97 Å². The molecule has 0 unspecified atom stereocenters. The minimum absolute atomic E-state index is 0.211. The first-order chi connectivity index (χ1) is 15.5. The Labute approximate surface area is 198 Å². The van der Waals surface area contributed by atoms with Gasteiger partial charge in [-0.1, -0.05) is 47.5 Å². The van der Waals surface area contributed by atoms with Crippen molar-refractivity contribution in [3.63, 3.8) is 0 Å². The van der Waals surface area contributed by atoms with Crippen molar-refractivity contribution in [1.29, 1.82) is 0 Å². The molecule has 0 fully saturated rings. The lowest BCUT2D eigenvalue weighted by atomic mass is 10.1. The molecule has 0 N–H and O–H groups in total. The Kier molecular flexibility index (Phi) is 6.85. The number of hydrogen-bond acceptors (Lipinski definition) is 5. The number of ether oxygens (including phenoxy) is 1. The van der Waals surface area contributed by atoms with Gasteiger partial charge in [-0.2, -0.15) is 5.10 Å². The van der Waals surface area contributed by atoms with E-state index in [4.69, 9.17) is 27.9 Å². The van der Waals surface area contributed by atoms with E-state index in [1.165, 1.54) is 18.2 Å². The SMILES string of the molecule is O=C(C=Cc1cn(-c2ccccc2)nc1-c1cccs1)OCC(=O)c1ccc(Cl)cc1Cl. The highest BCUT2D eigenvalue weighted by atomic mass is 35.5. The van der Waals surface area contributed by atoms with Gasteiger partial charge in [0, 0.05) is 28.4 Å². The summed E-state index contributed by atoms with van der Waals surface area (Å²) in [5, 5.41) is 7.27. The van der Waals surface area contributed by atoms with Crippen LogP contribution in [-0.2, 0) is 9.53 Å². The molecule has 0 aliphatic heterocycles. The molecular weight excluding hydrogens is 467 g/mol. The Bertz CT molecular complexity index is 1280. The van der Waals surface area contributed by atoms with Crippen LogP contribution < -0.4 is 0 Å². The molecule has 0 saturated heterocycles. The van der Waals surface area contributed by atoms with Crippen molar-refractivity contribution in [2.24, 2.45) is 0 Å². The van der Waals surface area contributed by atoms with Gasteiger partial charge in [0.1, 0.15) is 5.69 Å². The molecule has 0 saturated carbocycles. The van der Waals surface area contributed by atoms with Gasteiger partial charge in [-0.15, -0.1) is 11.3 Å². The summed E-state index contributed by atoms with van der Waals surface area (Å²) in [5.74, 6) is -1.06. The number of carbonyl (C=O) groups is 2. The smallest absolute Gasteiger partial charge is 0.331 e. The van der Waals surface area contributed by atoms with E-state index in [0.29, 0.717) is 5.02 Å². The minimum Gasteiger partial charge on any atom is -0.454 e. The second-order valence-corrected chi connectivity index (χ2v) is 8.47. The molecular formula is C24H16Cl2N2O3S. The second-order valence-electron chi connectivity index (χ2n) is 6.68. The molecule has 160 valence electrons. The van der Waals surface area contributed by atoms with E-state index in [0.717, 1.165) is 21.8 Å². The van der Waals surface area contributed by atoms with E-state index >= 15 is 0 Å². The van der Waals surface area contributed by atoms with Crippen molar-refractivity contribution in [2.45, 2.75) is 0 Å². The molecule has 0 amide bonds. The van der Waals surface area contributed by atoms with Gasteiger partial charge in [-0.05, 0) is 47.9 Å². The van der Waals surface area contributed by atoms with Crippen LogP contribution in [-0.4, -0.2) is 28.1 Å². The van der Waals surface area contributed by atoms with E-state index in [2.05, 4.69) is 5.10 Å². The van der Waals surface area contributed by atoms with Crippen LogP contribution in [0.1, 0.15) is 15.9 Å². The van der Waals surface area contributed by atoms with E-state index in [-0.39, 0.29) is 10.6 Å². The molecule has 0 radical (unpaired) electrons. The molecule has 32 heavy (non-hydrogen) atoms. The lowest BCUT2D eigenvalue weighted by Gasteiger charge is -2.04. The van der Waals surface area contributed by atoms with Gasteiger partial charge in [0.05, 0.1) is 15.6 Å². The van der Waals surface area contributed by atoms with Gasteiger partial charge in [-0.25, -0.2) is 9.48 Å². The topological polar surface area (TPSA) is 61.2 Å². The molecule has 2 heterocycles. The number of aromatic nitrogens is 2. The van der Waals surface area contributed by atoms with E-state index in [1.807, 2.05) is 54.0 Å². The van der Waals surface area contributed by atoms with Gasteiger partial charge in [-0.3, -0.25) is 4.79 Å². The lowest BCUT2D eigenvalue weighted by Crippen LogP contribution is -2.13. The quantitative estimate of drug-likeness (QED) is 0.175. The molecule has 2 aromatic carbocycles. The second kappa shape index (κ2) is 9.96. The highest BCUT2D eigenvalue weighted by Crippen LogP contribution is 2.28. The molecule has 0 aliphatic carbocycles. The van der Waals surface area contributed by atoms with Crippen molar-refractivity contribution in [1.82, 2.24) is 9.78 Å². The van der Waals surface area contributed by atoms with Crippen molar-refractivity contribution < 1.29 is 14.3 Å². The molecule has 0 spiro atoms. The zero-order valence-corrected chi connectivity index (χ0v) is 18.9. The van der Waals surface area contributed by atoms with Gasteiger partial charge in [0.25, 0.3) is 0 Å². The molecule has 0 aliphatic rings. The summed E-state index contributed by atoms with van der Waals surface area (Å²) in [6.45, 7) is -0.425. The number of thiophene rings is 1. The van der Waals surface area contributed by atoms with Gasteiger partial charge in [0.15, 0.2) is 6.61 Å². The molecule has 2 aromatic heterocycles.